The normalized spacial score (nSPS) is 19.9. The fourth-order valence-electron chi connectivity index (χ4n) is 3.46. The van der Waals surface area contributed by atoms with Crippen molar-refractivity contribution in [1.82, 2.24) is 10.2 Å². The number of aliphatic hydroxyl groups is 1. The molecule has 1 fully saturated rings. The Labute approximate surface area is 173 Å². The molecule has 1 N–H and O–H groups in total. The Morgan fingerprint density at radius 1 is 1.13 bits per heavy atom. The maximum absolute atomic E-state index is 13.7. The van der Waals surface area contributed by atoms with Gasteiger partial charge in [0.25, 0.3) is 0 Å². The van der Waals surface area contributed by atoms with E-state index in [1.807, 2.05) is 26.8 Å². The molecule has 1 aliphatic rings. The molecule has 0 radical (unpaired) electrons. The van der Waals surface area contributed by atoms with Crippen LogP contribution >= 0.6 is 0 Å². The Kier molecular flexibility index (Phi) is 6.52. The maximum Gasteiger partial charge on any atom is 0.421 e. The smallest absolute Gasteiger partial charge is 0.421 e. The van der Waals surface area contributed by atoms with Gasteiger partial charge in [-0.25, -0.2) is 0 Å². The highest BCUT2D eigenvalue weighted by atomic mass is 19.4. The molecule has 0 spiro atoms. The van der Waals surface area contributed by atoms with Gasteiger partial charge in [-0.2, -0.15) is 13.2 Å². The topological polar surface area (TPSA) is 67.7 Å². The van der Waals surface area contributed by atoms with Crippen LogP contribution in [-0.4, -0.2) is 46.2 Å². The van der Waals surface area contributed by atoms with Gasteiger partial charge in [-0.05, 0) is 32.8 Å². The Morgan fingerprint density at radius 3 is 2.43 bits per heavy atom. The highest BCUT2D eigenvalue weighted by Crippen LogP contribution is 2.38. The fraction of sp³-hybridized carbons (Fsp3) is 0.524. The molecule has 2 atom stereocenters. The van der Waals surface area contributed by atoms with E-state index in [-0.39, 0.29) is 25.1 Å². The molecular formula is C21H26F3N3O3. The molecule has 9 heteroatoms. The molecule has 0 amide bonds. The van der Waals surface area contributed by atoms with Gasteiger partial charge < -0.3 is 19.5 Å². The summed E-state index contributed by atoms with van der Waals surface area (Å²) in [4.78, 5) is 1.61. The number of ether oxygens (including phenoxy) is 2. The second-order valence-electron chi connectivity index (χ2n) is 8.27. The van der Waals surface area contributed by atoms with Crippen molar-refractivity contribution in [3.05, 3.63) is 47.5 Å². The van der Waals surface area contributed by atoms with Crippen molar-refractivity contribution in [2.75, 3.05) is 18.1 Å². The summed E-state index contributed by atoms with van der Waals surface area (Å²) >= 11 is 0. The minimum absolute atomic E-state index is 0.0356. The standard InChI is InChI=1S/C21H26F3N3O3/c1-20(2,3)30-16-9-15(12-28)27(11-16)18-10-17(21(22,23)24)19(26-25-18)29-13-14-7-5-4-6-8-14/h4-8,10,15-16,28H,9,11-13H2,1-3H3/t15-,16-/m0/s1. The van der Waals surface area contributed by atoms with Crippen molar-refractivity contribution in [2.45, 2.75) is 57.7 Å². The van der Waals surface area contributed by atoms with Crippen molar-refractivity contribution in [3.63, 3.8) is 0 Å². The van der Waals surface area contributed by atoms with E-state index in [9.17, 15) is 18.3 Å². The predicted molar refractivity (Wildman–Crippen MR) is 105 cm³/mol. The second kappa shape index (κ2) is 8.77. The van der Waals surface area contributed by atoms with E-state index in [0.29, 0.717) is 13.0 Å². The molecule has 164 valence electrons. The third kappa shape index (κ3) is 5.60. The molecule has 0 unspecified atom stereocenters. The molecule has 1 aromatic carbocycles. The Balaban J connectivity index is 1.83. The summed E-state index contributed by atoms with van der Waals surface area (Å²) in [6, 6.07) is 9.39. The molecule has 1 aliphatic heterocycles. The van der Waals surface area contributed by atoms with E-state index >= 15 is 0 Å². The first-order valence-electron chi connectivity index (χ1n) is 9.74. The van der Waals surface area contributed by atoms with E-state index in [0.717, 1.165) is 11.6 Å². The molecule has 0 saturated carbocycles. The average Bonchev–Trinajstić information content (AvgIpc) is 3.07. The number of nitrogens with zero attached hydrogens (tertiary/aromatic N) is 3. The van der Waals surface area contributed by atoms with Crippen LogP contribution < -0.4 is 9.64 Å². The lowest BCUT2D eigenvalue weighted by Crippen LogP contribution is -2.34. The summed E-state index contributed by atoms with van der Waals surface area (Å²) in [5, 5.41) is 17.4. The highest BCUT2D eigenvalue weighted by molar-refractivity contribution is 5.46. The van der Waals surface area contributed by atoms with E-state index in [2.05, 4.69) is 10.2 Å². The van der Waals surface area contributed by atoms with Crippen LogP contribution in [0.1, 0.15) is 38.3 Å². The van der Waals surface area contributed by atoms with Crippen molar-refractivity contribution >= 4 is 5.82 Å². The van der Waals surface area contributed by atoms with Crippen LogP contribution in [0.25, 0.3) is 0 Å². The highest BCUT2D eigenvalue weighted by Gasteiger charge is 2.40. The zero-order valence-corrected chi connectivity index (χ0v) is 17.2. The zero-order chi connectivity index (χ0) is 21.9. The van der Waals surface area contributed by atoms with Gasteiger partial charge in [-0.3, -0.25) is 0 Å². The number of aromatic nitrogens is 2. The van der Waals surface area contributed by atoms with Crippen LogP contribution in [0.3, 0.4) is 0 Å². The SMILES string of the molecule is CC(C)(C)O[C@H]1C[C@@H](CO)N(c2cc(C(F)(F)F)c(OCc3ccccc3)nn2)C1. The van der Waals surface area contributed by atoms with Crippen LogP contribution in [0.2, 0.25) is 0 Å². The number of anilines is 1. The number of hydrogen-bond acceptors (Lipinski definition) is 6. The molecule has 2 heterocycles. The first-order chi connectivity index (χ1) is 14.1. The quantitative estimate of drug-likeness (QED) is 0.759. The lowest BCUT2D eigenvalue weighted by molar-refractivity contribution is -0.139. The first kappa shape index (κ1) is 22.3. The molecule has 1 aromatic heterocycles. The van der Waals surface area contributed by atoms with Gasteiger partial charge in [0, 0.05) is 12.6 Å². The van der Waals surface area contributed by atoms with E-state index in [1.54, 1.807) is 29.2 Å². The van der Waals surface area contributed by atoms with Gasteiger partial charge in [0.05, 0.1) is 24.4 Å². The van der Waals surface area contributed by atoms with Crippen LogP contribution in [0.5, 0.6) is 5.88 Å². The van der Waals surface area contributed by atoms with Crippen molar-refractivity contribution < 1.29 is 27.8 Å². The number of alkyl halides is 3. The largest absolute Gasteiger partial charge is 0.471 e. The van der Waals surface area contributed by atoms with Gasteiger partial charge >= 0.3 is 6.18 Å². The van der Waals surface area contributed by atoms with E-state index in [4.69, 9.17) is 9.47 Å². The van der Waals surface area contributed by atoms with Gasteiger partial charge in [-0.1, -0.05) is 30.3 Å². The molecule has 3 rings (SSSR count). The van der Waals surface area contributed by atoms with Crippen LogP contribution in [0.15, 0.2) is 36.4 Å². The van der Waals surface area contributed by atoms with Crippen LogP contribution in [-0.2, 0) is 17.5 Å². The Hall–Kier alpha value is -2.39. The van der Waals surface area contributed by atoms with Gasteiger partial charge in [0.15, 0.2) is 5.82 Å². The predicted octanol–water partition coefficient (Wildman–Crippen LogP) is 3.83. The maximum atomic E-state index is 13.7. The van der Waals surface area contributed by atoms with Crippen molar-refractivity contribution in [1.29, 1.82) is 0 Å². The minimum atomic E-state index is -4.66. The zero-order valence-electron chi connectivity index (χ0n) is 17.2. The summed E-state index contributed by atoms with van der Waals surface area (Å²) in [7, 11) is 0. The molecule has 0 bridgehead atoms. The first-order valence-corrected chi connectivity index (χ1v) is 9.74. The number of rotatable bonds is 6. The summed E-state index contributed by atoms with van der Waals surface area (Å²) in [6.07, 6.45) is -4.40. The van der Waals surface area contributed by atoms with Gasteiger partial charge in [0.2, 0.25) is 5.88 Å². The third-order valence-electron chi connectivity index (χ3n) is 4.67. The van der Waals surface area contributed by atoms with Gasteiger partial charge in [-0.15, -0.1) is 10.2 Å². The van der Waals surface area contributed by atoms with Crippen molar-refractivity contribution in [3.8, 4) is 5.88 Å². The van der Waals surface area contributed by atoms with Crippen LogP contribution in [0.4, 0.5) is 19.0 Å². The lowest BCUT2D eigenvalue weighted by atomic mass is 10.1. The Morgan fingerprint density at radius 2 is 1.83 bits per heavy atom. The summed E-state index contributed by atoms with van der Waals surface area (Å²) in [5.74, 6) is -0.536. The third-order valence-corrected chi connectivity index (χ3v) is 4.67. The molecule has 0 aliphatic carbocycles. The van der Waals surface area contributed by atoms with E-state index < -0.39 is 29.3 Å². The number of benzene rings is 1. The lowest BCUT2D eigenvalue weighted by Gasteiger charge is -2.26. The minimum Gasteiger partial charge on any atom is -0.471 e. The van der Waals surface area contributed by atoms with Gasteiger partial charge in [0.1, 0.15) is 12.2 Å². The molecular weight excluding hydrogens is 399 g/mol. The summed E-state index contributed by atoms with van der Waals surface area (Å²) in [5.41, 5.74) is -0.683. The molecule has 6 nitrogen and oxygen atoms in total. The molecule has 1 saturated heterocycles. The molecule has 30 heavy (non-hydrogen) atoms. The second-order valence-corrected chi connectivity index (χ2v) is 8.27. The van der Waals surface area contributed by atoms with E-state index in [1.165, 1.54) is 0 Å². The Bertz CT molecular complexity index is 841. The van der Waals surface area contributed by atoms with Crippen LogP contribution in [0, 0.1) is 0 Å². The number of aliphatic hydroxyl groups excluding tert-OH is 1. The number of halogens is 3. The molecule has 2 aromatic rings. The summed E-state index contributed by atoms with van der Waals surface area (Å²) in [6.45, 7) is 5.76. The number of hydrogen-bond donors (Lipinski definition) is 1. The summed E-state index contributed by atoms with van der Waals surface area (Å²) < 4.78 is 52.3. The average molecular weight is 425 g/mol. The monoisotopic (exact) mass is 425 g/mol. The van der Waals surface area contributed by atoms with Crippen molar-refractivity contribution in [2.24, 2.45) is 0 Å². The fourth-order valence-corrected chi connectivity index (χ4v) is 3.46.